The lowest BCUT2D eigenvalue weighted by Crippen LogP contribution is -2.38. The van der Waals surface area contributed by atoms with E-state index in [1.807, 2.05) is 13.8 Å². The Bertz CT molecular complexity index is 179. The Balaban J connectivity index is 3.71. The lowest BCUT2D eigenvalue weighted by Gasteiger charge is -2.15. The second-order valence-corrected chi connectivity index (χ2v) is 4.48. The molecule has 1 unspecified atom stereocenters. The summed E-state index contributed by atoms with van der Waals surface area (Å²) in [5, 5.41) is 3.14. The Morgan fingerprint density at radius 2 is 2.12 bits per heavy atom. The Morgan fingerprint density at radius 1 is 1.38 bits per heavy atom. The third kappa shape index (κ3) is 7.96. The zero-order chi connectivity index (χ0) is 12.2. The van der Waals surface area contributed by atoms with Gasteiger partial charge in [-0.2, -0.15) is 11.8 Å². The van der Waals surface area contributed by atoms with Crippen LogP contribution in [-0.2, 0) is 14.3 Å². The van der Waals surface area contributed by atoms with Crippen molar-refractivity contribution in [2.24, 2.45) is 0 Å². The summed E-state index contributed by atoms with van der Waals surface area (Å²) < 4.78 is 9.95. The molecule has 96 valence electrons. The number of likely N-dealkylation sites (N-methyl/N-ethyl adjacent to an activating group) is 1. The molecule has 16 heavy (non-hydrogen) atoms. The molecule has 0 fully saturated rings. The minimum Gasteiger partial charge on any atom is -0.465 e. The van der Waals surface area contributed by atoms with E-state index >= 15 is 0 Å². The minimum absolute atomic E-state index is 0.142. The Hall–Kier alpha value is -0.260. The molecule has 0 amide bonds. The van der Waals surface area contributed by atoms with E-state index in [0.29, 0.717) is 6.61 Å². The summed E-state index contributed by atoms with van der Waals surface area (Å²) in [6.07, 6.45) is 0.807. The van der Waals surface area contributed by atoms with E-state index in [1.54, 1.807) is 18.9 Å². The molecule has 4 nitrogen and oxygen atoms in total. The van der Waals surface area contributed by atoms with Crippen LogP contribution in [0.1, 0.15) is 20.3 Å². The molecule has 0 bridgehead atoms. The third-order valence-electron chi connectivity index (χ3n) is 2.00. The van der Waals surface area contributed by atoms with Gasteiger partial charge in [-0.25, -0.2) is 0 Å². The van der Waals surface area contributed by atoms with Crippen LogP contribution in [0.3, 0.4) is 0 Å². The van der Waals surface area contributed by atoms with Crippen LogP contribution in [-0.4, -0.2) is 50.4 Å². The molecule has 0 heterocycles. The fraction of sp³-hybridized carbons (Fsp3) is 0.909. The minimum atomic E-state index is -0.167. The van der Waals surface area contributed by atoms with Crippen LogP contribution in [0, 0.1) is 0 Å². The number of esters is 1. The Kier molecular flexibility index (Phi) is 11.0. The molecule has 0 rings (SSSR count). The standard InChI is InChI=1S/C11H23NO3S/c1-4-12-10(11(13)15-5-2)6-8-16-9-7-14-3/h10,12H,4-9H2,1-3H3. The first-order valence-electron chi connectivity index (χ1n) is 5.72. The molecule has 0 aromatic carbocycles. The molecular formula is C11H23NO3S. The van der Waals surface area contributed by atoms with Crippen molar-refractivity contribution in [1.29, 1.82) is 0 Å². The van der Waals surface area contributed by atoms with Crippen LogP contribution in [0.15, 0.2) is 0 Å². The molecule has 5 heteroatoms. The molecule has 0 spiro atoms. The number of hydrogen-bond donors (Lipinski definition) is 1. The highest BCUT2D eigenvalue weighted by Crippen LogP contribution is 2.06. The van der Waals surface area contributed by atoms with E-state index in [0.717, 1.165) is 31.1 Å². The summed E-state index contributed by atoms with van der Waals surface area (Å²) in [6, 6.07) is -0.167. The number of rotatable bonds is 10. The largest absolute Gasteiger partial charge is 0.465 e. The van der Waals surface area contributed by atoms with Gasteiger partial charge in [-0.3, -0.25) is 4.79 Å². The van der Waals surface area contributed by atoms with Gasteiger partial charge in [-0.1, -0.05) is 6.92 Å². The van der Waals surface area contributed by atoms with Gasteiger partial charge >= 0.3 is 5.97 Å². The molecule has 0 radical (unpaired) electrons. The topological polar surface area (TPSA) is 47.6 Å². The Morgan fingerprint density at radius 3 is 2.69 bits per heavy atom. The highest BCUT2D eigenvalue weighted by molar-refractivity contribution is 7.99. The van der Waals surface area contributed by atoms with Crippen molar-refractivity contribution in [2.45, 2.75) is 26.3 Å². The van der Waals surface area contributed by atoms with Crippen molar-refractivity contribution in [3.05, 3.63) is 0 Å². The number of nitrogens with one attached hydrogen (secondary N) is 1. The molecule has 0 saturated carbocycles. The summed E-state index contributed by atoms with van der Waals surface area (Å²) in [6.45, 7) is 5.80. The lowest BCUT2D eigenvalue weighted by atomic mass is 10.2. The van der Waals surface area contributed by atoms with Crippen LogP contribution >= 0.6 is 11.8 Å². The highest BCUT2D eigenvalue weighted by atomic mass is 32.2. The zero-order valence-electron chi connectivity index (χ0n) is 10.5. The van der Waals surface area contributed by atoms with E-state index < -0.39 is 0 Å². The molecule has 0 aliphatic rings. The van der Waals surface area contributed by atoms with Crippen LogP contribution in [0.2, 0.25) is 0 Å². The van der Waals surface area contributed by atoms with Gasteiger partial charge in [0, 0.05) is 12.9 Å². The molecule has 0 aliphatic heterocycles. The van der Waals surface area contributed by atoms with Crippen molar-refractivity contribution < 1.29 is 14.3 Å². The summed E-state index contributed by atoms with van der Waals surface area (Å²) >= 11 is 1.79. The highest BCUT2D eigenvalue weighted by Gasteiger charge is 2.17. The van der Waals surface area contributed by atoms with Crippen molar-refractivity contribution >= 4 is 17.7 Å². The second-order valence-electron chi connectivity index (χ2n) is 3.26. The Labute approximate surface area is 102 Å². The van der Waals surface area contributed by atoms with Gasteiger partial charge in [0.2, 0.25) is 0 Å². The van der Waals surface area contributed by atoms with Crippen LogP contribution in [0.5, 0.6) is 0 Å². The number of hydrogen-bond acceptors (Lipinski definition) is 5. The van der Waals surface area contributed by atoms with Crippen LogP contribution < -0.4 is 5.32 Å². The van der Waals surface area contributed by atoms with Gasteiger partial charge in [0.25, 0.3) is 0 Å². The van der Waals surface area contributed by atoms with Gasteiger partial charge in [0.15, 0.2) is 0 Å². The average Bonchev–Trinajstić information content (AvgIpc) is 2.27. The molecule has 0 aromatic heterocycles. The summed E-state index contributed by atoms with van der Waals surface area (Å²) in [5.74, 6) is 1.77. The van der Waals surface area contributed by atoms with Crippen molar-refractivity contribution in [2.75, 3.05) is 38.4 Å². The first-order valence-corrected chi connectivity index (χ1v) is 6.88. The summed E-state index contributed by atoms with van der Waals surface area (Å²) in [7, 11) is 1.70. The zero-order valence-corrected chi connectivity index (χ0v) is 11.3. The molecule has 0 aliphatic carbocycles. The number of carbonyl (C=O) groups is 1. The van der Waals surface area contributed by atoms with Crippen LogP contribution in [0.4, 0.5) is 0 Å². The number of thioether (sulfide) groups is 1. The van der Waals surface area contributed by atoms with Gasteiger partial charge < -0.3 is 14.8 Å². The fourth-order valence-corrected chi connectivity index (χ4v) is 2.13. The first kappa shape index (κ1) is 15.7. The normalized spacial score (nSPS) is 12.4. The van der Waals surface area contributed by atoms with E-state index in [4.69, 9.17) is 9.47 Å². The van der Waals surface area contributed by atoms with Crippen LogP contribution in [0.25, 0.3) is 0 Å². The number of ether oxygens (including phenoxy) is 2. The molecule has 0 aromatic rings. The van der Waals surface area contributed by atoms with Crippen molar-refractivity contribution in [1.82, 2.24) is 5.32 Å². The second kappa shape index (κ2) is 11.2. The van der Waals surface area contributed by atoms with Crippen molar-refractivity contribution in [3.8, 4) is 0 Å². The number of carbonyl (C=O) groups excluding carboxylic acids is 1. The maximum atomic E-state index is 11.5. The predicted molar refractivity (Wildman–Crippen MR) is 67.9 cm³/mol. The summed E-state index contributed by atoms with van der Waals surface area (Å²) in [4.78, 5) is 11.5. The molecule has 1 atom stereocenters. The van der Waals surface area contributed by atoms with Gasteiger partial charge in [0.1, 0.15) is 6.04 Å². The lowest BCUT2D eigenvalue weighted by molar-refractivity contribution is -0.145. The SMILES string of the molecule is CCNC(CCSCCOC)C(=O)OCC. The van der Waals surface area contributed by atoms with Gasteiger partial charge in [-0.05, 0) is 25.6 Å². The maximum absolute atomic E-state index is 11.5. The van der Waals surface area contributed by atoms with Crippen molar-refractivity contribution in [3.63, 3.8) is 0 Å². The molecular weight excluding hydrogens is 226 g/mol. The number of methoxy groups -OCH3 is 1. The molecule has 1 N–H and O–H groups in total. The monoisotopic (exact) mass is 249 g/mol. The summed E-state index contributed by atoms with van der Waals surface area (Å²) in [5.41, 5.74) is 0. The average molecular weight is 249 g/mol. The van der Waals surface area contributed by atoms with Gasteiger partial charge in [0.05, 0.1) is 13.2 Å². The van der Waals surface area contributed by atoms with E-state index in [1.165, 1.54) is 0 Å². The van der Waals surface area contributed by atoms with E-state index in [2.05, 4.69) is 5.32 Å². The first-order chi connectivity index (χ1) is 7.76. The maximum Gasteiger partial charge on any atom is 0.323 e. The molecule has 0 saturated heterocycles. The van der Waals surface area contributed by atoms with Gasteiger partial charge in [-0.15, -0.1) is 0 Å². The van der Waals surface area contributed by atoms with E-state index in [-0.39, 0.29) is 12.0 Å². The fourth-order valence-electron chi connectivity index (χ4n) is 1.24. The third-order valence-corrected chi connectivity index (χ3v) is 2.98. The van der Waals surface area contributed by atoms with E-state index in [9.17, 15) is 4.79 Å². The predicted octanol–water partition coefficient (Wildman–Crippen LogP) is 1.30. The smallest absolute Gasteiger partial charge is 0.323 e. The quantitative estimate of drug-likeness (QED) is 0.467.